The van der Waals surface area contributed by atoms with E-state index in [9.17, 15) is 14.4 Å². The number of phenolic OH excluding ortho intramolecular Hbond substituents is 3. The molecule has 0 aliphatic heterocycles. The van der Waals surface area contributed by atoms with Crippen LogP contribution in [0.1, 0.15) is 40.9 Å². The molecule has 0 aliphatic rings. The molecule has 0 saturated carbocycles. The van der Waals surface area contributed by atoms with Crippen molar-refractivity contribution in [3.63, 3.8) is 0 Å². The summed E-state index contributed by atoms with van der Waals surface area (Å²) in [5.41, 5.74) is 3.42. The number of phenols is 3. The molecule has 11 nitrogen and oxygen atoms in total. The largest absolute Gasteiger partial charge is 0.508 e. The van der Waals surface area contributed by atoms with E-state index in [1.807, 2.05) is 36.4 Å². The lowest BCUT2D eigenvalue weighted by Gasteiger charge is -2.12. The summed E-state index contributed by atoms with van der Waals surface area (Å²) in [5, 5.41) is 45.0. The number of aliphatic hydroxyl groups excluding tert-OH is 2. The van der Waals surface area contributed by atoms with Crippen molar-refractivity contribution in [3.05, 3.63) is 119 Å². The number of methoxy groups -OCH3 is 2. The van der Waals surface area contributed by atoms with Gasteiger partial charge in [0.05, 0.1) is 20.8 Å². The summed E-state index contributed by atoms with van der Waals surface area (Å²) >= 11 is 6.63. The summed E-state index contributed by atoms with van der Waals surface area (Å²) in [4.78, 5) is 31.2. The third-order valence-electron chi connectivity index (χ3n) is 5.61. The number of ether oxygens (including phenoxy) is 3. The lowest BCUT2D eigenvalue weighted by molar-refractivity contribution is -0.149. The number of carbonyl (C=O) groups is 3. The number of alkyl halides is 2. The van der Waals surface area contributed by atoms with Crippen LogP contribution in [0.15, 0.2) is 97.1 Å². The molecule has 5 N–H and O–H groups in total. The van der Waals surface area contributed by atoms with Gasteiger partial charge in [-0.25, -0.2) is 9.59 Å². The van der Waals surface area contributed by atoms with Crippen molar-refractivity contribution in [3.8, 4) is 23.0 Å². The van der Waals surface area contributed by atoms with Crippen molar-refractivity contribution in [2.24, 2.45) is 0 Å². The number of halogens is 2. The fourth-order valence-electron chi connectivity index (χ4n) is 3.18. The molecule has 0 heterocycles. The lowest BCUT2D eigenvalue weighted by Crippen LogP contribution is -2.24. The molecule has 0 radical (unpaired) electrons. The summed E-state index contributed by atoms with van der Waals surface area (Å²) < 4.78 is 14.1. The quantitative estimate of drug-likeness (QED) is 0.0752. The molecule has 0 unspecified atom stereocenters. The first-order valence-corrected chi connectivity index (χ1v) is 16.7. The molecule has 4 aromatic rings. The lowest BCUT2D eigenvalue weighted by atomic mass is 10.2. The molecule has 0 amide bonds. The zero-order valence-electron chi connectivity index (χ0n) is 27.5. The summed E-state index contributed by atoms with van der Waals surface area (Å²) in [5.74, 6) is 0.345. The van der Waals surface area contributed by atoms with Crippen molar-refractivity contribution in [2.75, 3.05) is 14.2 Å². The van der Waals surface area contributed by atoms with Gasteiger partial charge in [0.2, 0.25) is 0 Å². The Morgan fingerprint density at radius 3 is 1.49 bits per heavy atom. The van der Waals surface area contributed by atoms with Crippen LogP contribution < -0.4 is 4.74 Å². The van der Waals surface area contributed by atoms with E-state index in [1.54, 1.807) is 49.4 Å². The Balaban J connectivity index is 0.000000604. The number of aldehydes is 1. The maximum absolute atomic E-state index is 11.1. The molecular weight excluding hydrogens is 768 g/mol. The minimum absolute atomic E-state index is 0.0194. The molecule has 0 saturated heterocycles. The van der Waals surface area contributed by atoms with Crippen LogP contribution in [0.2, 0.25) is 0 Å². The molecular formula is C36H42Br2O11. The number of aliphatic hydroxyl groups is 2. The molecule has 4 aromatic carbocycles. The van der Waals surface area contributed by atoms with Crippen molar-refractivity contribution < 1.29 is 54.1 Å². The molecule has 0 aliphatic carbocycles. The number of rotatable bonds is 8. The van der Waals surface area contributed by atoms with Crippen molar-refractivity contribution in [2.45, 2.75) is 43.3 Å². The zero-order chi connectivity index (χ0) is 37.2. The van der Waals surface area contributed by atoms with E-state index in [0.29, 0.717) is 23.3 Å². The van der Waals surface area contributed by atoms with Gasteiger partial charge in [0, 0.05) is 16.2 Å². The van der Waals surface area contributed by atoms with Crippen molar-refractivity contribution >= 4 is 50.1 Å². The molecule has 4 rings (SSSR count). The number of hydrogen-bond donors (Lipinski definition) is 5. The van der Waals surface area contributed by atoms with Crippen molar-refractivity contribution in [1.29, 1.82) is 0 Å². The molecule has 13 heteroatoms. The maximum atomic E-state index is 11.1. The average Bonchev–Trinajstić information content (AvgIpc) is 3.11. The van der Waals surface area contributed by atoms with Crippen molar-refractivity contribution in [1.82, 2.24) is 0 Å². The smallest absolute Gasteiger partial charge is 0.346 e. The summed E-state index contributed by atoms with van der Waals surface area (Å²) in [6, 6.07) is 27.5. The SMILES string of the molecule is COC(=O)[C@@H](C)O.COC(=O)[C@@H](C)Oc1cccc(CBr)c1.O=Cc1cccc(O)c1.OCc1cccc(O)c1.Oc1cccc(CBr)c1. The number of carbonyl (C=O) groups excluding carboxylic acids is 3. The summed E-state index contributed by atoms with van der Waals surface area (Å²) in [7, 11) is 2.58. The summed E-state index contributed by atoms with van der Waals surface area (Å²) in [6.45, 7) is 2.99. The highest BCUT2D eigenvalue weighted by molar-refractivity contribution is 9.08. The van der Waals surface area contributed by atoms with Gasteiger partial charge in [-0.3, -0.25) is 4.79 Å². The van der Waals surface area contributed by atoms with Crippen LogP contribution in [0.3, 0.4) is 0 Å². The van der Waals surface area contributed by atoms with Gasteiger partial charge < -0.3 is 39.7 Å². The second kappa shape index (κ2) is 26.5. The fraction of sp³-hybridized carbons (Fsp3) is 0.250. The molecule has 0 aromatic heterocycles. The second-order valence-electron chi connectivity index (χ2n) is 9.61. The highest BCUT2D eigenvalue weighted by Crippen LogP contribution is 2.17. The Labute approximate surface area is 303 Å². The normalized spacial score (nSPS) is 10.6. The zero-order valence-corrected chi connectivity index (χ0v) is 30.7. The van der Waals surface area contributed by atoms with Gasteiger partial charge in [-0.05, 0) is 79.1 Å². The van der Waals surface area contributed by atoms with E-state index in [0.717, 1.165) is 27.4 Å². The van der Waals surface area contributed by atoms with Gasteiger partial charge in [-0.15, -0.1) is 0 Å². The minimum Gasteiger partial charge on any atom is -0.508 e. The Bertz CT molecular complexity index is 1480. The Morgan fingerprint density at radius 1 is 0.694 bits per heavy atom. The fourth-order valence-corrected chi connectivity index (χ4v) is 3.88. The van der Waals surface area contributed by atoms with E-state index in [1.165, 1.54) is 39.3 Å². The van der Waals surface area contributed by atoms with E-state index in [4.69, 9.17) is 30.3 Å². The third-order valence-corrected chi connectivity index (χ3v) is 6.90. The molecule has 266 valence electrons. The van der Waals surface area contributed by atoms with Gasteiger partial charge >= 0.3 is 11.9 Å². The first-order chi connectivity index (χ1) is 23.3. The second-order valence-corrected chi connectivity index (χ2v) is 10.7. The molecule has 2 atom stereocenters. The van der Waals surface area contributed by atoms with Crippen LogP contribution in [0.4, 0.5) is 0 Å². The van der Waals surface area contributed by atoms with E-state index in [-0.39, 0.29) is 24.1 Å². The first kappa shape index (κ1) is 44.6. The third kappa shape index (κ3) is 21.2. The number of aromatic hydroxyl groups is 3. The molecule has 49 heavy (non-hydrogen) atoms. The number of benzene rings is 4. The summed E-state index contributed by atoms with van der Waals surface area (Å²) in [6.07, 6.45) is -0.884. The molecule has 0 fully saturated rings. The Morgan fingerprint density at radius 2 is 1.14 bits per heavy atom. The number of hydrogen-bond acceptors (Lipinski definition) is 11. The van der Waals surface area contributed by atoms with Gasteiger partial charge in [0.1, 0.15) is 35.4 Å². The monoisotopic (exact) mass is 808 g/mol. The number of esters is 2. The van der Waals surface area contributed by atoms with Crippen LogP contribution >= 0.6 is 31.9 Å². The van der Waals surface area contributed by atoms with Crippen LogP contribution in [0, 0.1) is 0 Å². The standard InChI is InChI=1S/C11H13BrO3.C7H7BrO.C7H8O2.C7H6O2.C4H8O3/c1-8(11(13)14-2)15-10-5-3-4-9(6-10)7-12;3*8-5-6-2-1-3-7(9)4-6;1-3(5)4(6)7-2/h3-6,8H,7H2,1-2H3;1-4,9H,5H2;1-4,8-9H,5H2;1-5,9H;3,5H,1-2H3/t8-;;;;3-/m1...1/s1. The van der Waals surface area contributed by atoms with E-state index < -0.39 is 18.2 Å². The topological polar surface area (TPSA) is 180 Å². The Kier molecular flexibility index (Phi) is 24.1. The highest BCUT2D eigenvalue weighted by Gasteiger charge is 2.14. The van der Waals surface area contributed by atoms with E-state index >= 15 is 0 Å². The van der Waals surface area contributed by atoms with E-state index in [2.05, 4.69) is 41.3 Å². The predicted octanol–water partition coefficient (Wildman–Crippen LogP) is 6.44. The minimum atomic E-state index is -0.995. The highest BCUT2D eigenvalue weighted by atomic mass is 79.9. The van der Waals surface area contributed by atoms with Gasteiger partial charge in [0.15, 0.2) is 6.10 Å². The predicted molar refractivity (Wildman–Crippen MR) is 193 cm³/mol. The first-order valence-electron chi connectivity index (χ1n) is 14.5. The van der Waals surface area contributed by atoms with Crippen LogP contribution in [-0.2, 0) is 36.3 Å². The van der Waals surface area contributed by atoms with Crippen LogP contribution in [0.5, 0.6) is 23.0 Å². The van der Waals surface area contributed by atoms with Gasteiger partial charge in [0.25, 0.3) is 0 Å². The van der Waals surface area contributed by atoms with Gasteiger partial charge in [-0.1, -0.05) is 80.4 Å². The Hall–Kier alpha value is -4.43. The molecule has 0 bridgehead atoms. The average molecular weight is 811 g/mol. The maximum Gasteiger partial charge on any atom is 0.346 e. The van der Waals surface area contributed by atoms with Gasteiger partial charge in [-0.2, -0.15) is 0 Å². The van der Waals surface area contributed by atoms with Crippen LogP contribution in [0.25, 0.3) is 0 Å². The molecule has 0 spiro atoms. The van der Waals surface area contributed by atoms with Crippen LogP contribution in [-0.4, -0.2) is 70.2 Å².